The number of nitrogens with zero attached hydrogens (tertiary/aromatic N) is 2. The number of aromatic nitrogens is 2. The average molecular weight is 362 g/mol. The van der Waals surface area contributed by atoms with Crippen LogP contribution in [0.5, 0.6) is 0 Å². The Morgan fingerprint density at radius 3 is 2.63 bits per heavy atom. The van der Waals surface area contributed by atoms with Gasteiger partial charge in [0.15, 0.2) is 0 Å². The van der Waals surface area contributed by atoms with E-state index >= 15 is 0 Å². The van der Waals surface area contributed by atoms with Crippen molar-refractivity contribution in [2.24, 2.45) is 0 Å². The van der Waals surface area contributed by atoms with Gasteiger partial charge in [-0.15, -0.1) is 0 Å². The SMILES string of the molecule is CCCC(=O)Nc1cccc(CNC(=O)c2ccc(-n3ccnc3)cc2)c1. The number of anilines is 1. The molecule has 138 valence electrons. The Hall–Kier alpha value is -3.41. The van der Waals surface area contributed by atoms with Gasteiger partial charge in [-0.1, -0.05) is 19.1 Å². The molecule has 0 aliphatic rings. The summed E-state index contributed by atoms with van der Waals surface area (Å²) in [4.78, 5) is 28.1. The molecule has 3 rings (SSSR count). The number of imidazole rings is 1. The number of carbonyl (C=O) groups excluding carboxylic acids is 2. The number of hydrogen-bond acceptors (Lipinski definition) is 3. The monoisotopic (exact) mass is 362 g/mol. The van der Waals surface area contributed by atoms with Gasteiger partial charge in [0.2, 0.25) is 5.91 Å². The molecule has 2 N–H and O–H groups in total. The molecule has 0 saturated heterocycles. The smallest absolute Gasteiger partial charge is 0.251 e. The number of benzene rings is 2. The Labute approximate surface area is 158 Å². The van der Waals surface area contributed by atoms with Crippen LogP contribution in [0.3, 0.4) is 0 Å². The molecule has 6 heteroatoms. The molecule has 27 heavy (non-hydrogen) atoms. The van der Waals surface area contributed by atoms with Crippen LogP contribution in [-0.2, 0) is 11.3 Å². The molecular weight excluding hydrogens is 340 g/mol. The lowest BCUT2D eigenvalue weighted by atomic mass is 10.1. The van der Waals surface area contributed by atoms with E-state index in [2.05, 4.69) is 15.6 Å². The summed E-state index contributed by atoms with van der Waals surface area (Å²) in [6, 6.07) is 14.8. The van der Waals surface area contributed by atoms with E-state index in [-0.39, 0.29) is 11.8 Å². The van der Waals surface area contributed by atoms with Crippen LogP contribution in [-0.4, -0.2) is 21.4 Å². The summed E-state index contributed by atoms with van der Waals surface area (Å²) >= 11 is 0. The number of nitrogens with one attached hydrogen (secondary N) is 2. The highest BCUT2D eigenvalue weighted by molar-refractivity contribution is 5.94. The molecule has 0 radical (unpaired) electrons. The zero-order chi connectivity index (χ0) is 19.1. The van der Waals surface area contributed by atoms with Crippen molar-refractivity contribution >= 4 is 17.5 Å². The molecule has 0 unspecified atom stereocenters. The number of hydrogen-bond donors (Lipinski definition) is 2. The highest BCUT2D eigenvalue weighted by Crippen LogP contribution is 2.12. The Morgan fingerprint density at radius 2 is 1.93 bits per heavy atom. The van der Waals surface area contributed by atoms with E-state index in [9.17, 15) is 9.59 Å². The van der Waals surface area contributed by atoms with Crippen molar-refractivity contribution < 1.29 is 9.59 Å². The summed E-state index contributed by atoms with van der Waals surface area (Å²) in [6.45, 7) is 2.35. The highest BCUT2D eigenvalue weighted by Gasteiger charge is 2.07. The molecule has 0 bridgehead atoms. The molecule has 0 saturated carbocycles. The lowest BCUT2D eigenvalue weighted by Crippen LogP contribution is -2.22. The standard InChI is InChI=1S/C21H22N4O2/c1-2-4-20(26)24-18-6-3-5-16(13-18)14-23-21(27)17-7-9-19(10-8-17)25-12-11-22-15-25/h3,5-13,15H,2,4,14H2,1H3,(H,23,27)(H,24,26). The minimum atomic E-state index is -0.146. The first-order valence-corrected chi connectivity index (χ1v) is 8.91. The lowest BCUT2D eigenvalue weighted by Gasteiger charge is -2.09. The van der Waals surface area contributed by atoms with Crippen LogP contribution >= 0.6 is 0 Å². The molecule has 2 amide bonds. The first-order chi connectivity index (χ1) is 13.2. The second-order valence-electron chi connectivity index (χ2n) is 6.20. The fourth-order valence-corrected chi connectivity index (χ4v) is 2.69. The van der Waals surface area contributed by atoms with E-state index in [0.29, 0.717) is 18.5 Å². The van der Waals surface area contributed by atoms with Crippen LogP contribution in [0.25, 0.3) is 5.69 Å². The third-order valence-electron chi connectivity index (χ3n) is 4.07. The summed E-state index contributed by atoms with van der Waals surface area (Å²) in [5.74, 6) is -0.149. The quantitative estimate of drug-likeness (QED) is 0.675. The van der Waals surface area contributed by atoms with Gasteiger partial charge in [-0.2, -0.15) is 0 Å². The van der Waals surface area contributed by atoms with Crippen molar-refractivity contribution in [2.75, 3.05) is 5.32 Å². The predicted molar refractivity (Wildman–Crippen MR) is 105 cm³/mol. The number of carbonyl (C=O) groups is 2. The van der Waals surface area contributed by atoms with Gasteiger partial charge < -0.3 is 15.2 Å². The van der Waals surface area contributed by atoms with Crippen molar-refractivity contribution in [3.8, 4) is 5.69 Å². The molecular formula is C21H22N4O2. The van der Waals surface area contributed by atoms with E-state index in [0.717, 1.165) is 23.4 Å². The molecule has 3 aromatic rings. The van der Waals surface area contributed by atoms with Crippen molar-refractivity contribution in [1.82, 2.24) is 14.9 Å². The largest absolute Gasteiger partial charge is 0.348 e. The van der Waals surface area contributed by atoms with Gasteiger partial charge >= 0.3 is 0 Å². The molecule has 0 atom stereocenters. The van der Waals surface area contributed by atoms with E-state index in [1.807, 2.05) is 54.1 Å². The van der Waals surface area contributed by atoms with Gasteiger partial charge in [-0.05, 0) is 48.4 Å². The first-order valence-electron chi connectivity index (χ1n) is 8.91. The van der Waals surface area contributed by atoms with Gasteiger partial charge in [-0.25, -0.2) is 4.98 Å². The van der Waals surface area contributed by atoms with Crippen LogP contribution in [0.4, 0.5) is 5.69 Å². The fraction of sp³-hybridized carbons (Fsp3) is 0.190. The molecule has 6 nitrogen and oxygen atoms in total. The topological polar surface area (TPSA) is 76.0 Å². The maximum Gasteiger partial charge on any atom is 0.251 e. The van der Waals surface area contributed by atoms with Gasteiger partial charge in [0.25, 0.3) is 5.91 Å². The fourth-order valence-electron chi connectivity index (χ4n) is 2.69. The third-order valence-corrected chi connectivity index (χ3v) is 4.07. The van der Waals surface area contributed by atoms with Crippen LogP contribution in [0.15, 0.2) is 67.3 Å². The second kappa shape index (κ2) is 8.80. The van der Waals surface area contributed by atoms with Crippen molar-refractivity contribution in [1.29, 1.82) is 0 Å². The van der Waals surface area contributed by atoms with E-state index in [1.54, 1.807) is 24.7 Å². The Bertz CT molecular complexity index is 902. The van der Waals surface area contributed by atoms with E-state index in [1.165, 1.54) is 0 Å². The maximum atomic E-state index is 12.4. The molecule has 0 aliphatic heterocycles. The Morgan fingerprint density at radius 1 is 1.11 bits per heavy atom. The molecule has 0 spiro atoms. The van der Waals surface area contributed by atoms with Crippen molar-refractivity contribution in [2.45, 2.75) is 26.3 Å². The molecule has 0 aliphatic carbocycles. The third kappa shape index (κ3) is 5.04. The summed E-state index contributed by atoms with van der Waals surface area (Å²) in [7, 11) is 0. The van der Waals surface area contributed by atoms with Gasteiger partial charge in [-0.3, -0.25) is 9.59 Å². The number of amides is 2. The summed E-state index contributed by atoms with van der Waals surface area (Å²) in [5, 5.41) is 5.77. The minimum Gasteiger partial charge on any atom is -0.348 e. The van der Waals surface area contributed by atoms with Crippen molar-refractivity contribution in [3.63, 3.8) is 0 Å². The molecule has 0 fully saturated rings. The van der Waals surface area contributed by atoms with Crippen molar-refractivity contribution in [3.05, 3.63) is 78.4 Å². The summed E-state index contributed by atoms with van der Waals surface area (Å²) < 4.78 is 1.88. The highest BCUT2D eigenvalue weighted by atomic mass is 16.2. The normalized spacial score (nSPS) is 10.4. The number of rotatable bonds is 7. The van der Waals surface area contributed by atoms with Crippen LogP contribution in [0, 0.1) is 0 Å². The van der Waals surface area contributed by atoms with E-state index < -0.39 is 0 Å². The van der Waals surface area contributed by atoms with Crippen LogP contribution < -0.4 is 10.6 Å². The average Bonchev–Trinajstić information content (AvgIpc) is 3.21. The zero-order valence-corrected chi connectivity index (χ0v) is 15.2. The van der Waals surface area contributed by atoms with Gasteiger partial charge in [0, 0.05) is 42.3 Å². The van der Waals surface area contributed by atoms with E-state index in [4.69, 9.17) is 0 Å². The van der Waals surface area contributed by atoms with Gasteiger partial charge in [0.05, 0.1) is 6.33 Å². The molecule has 1 aromatic heterocycles. The first kappa shape index (κ1) is 18.4. The van der Waals surface area contributed by atoms with Gasteiger partial charge in [0.1, 0.15) is 0 Å². The Balaban J connectivity index is 1.58. The summed E-state index contributed by atoms with van der Waals surface area (Å²) in [6.07, 6.45) is 6.57. The zero-order valence-electron chi connectivity index (χ0n) is 15.2. The lowest BCUT2D eigenvalue weighted by molar-refractivity contribution is -0.116. The second-order valence-corrected chi connectivity index (χ2v) is 6.20. The maximum absolute atomic E-state index is 12.4. The predicted octanol–water partition coefficient (Wildman–Crippen LogP) is 3.54. The van der Waals surface area contributed by atoms with Crippen LogP contribution in [0.1, 0.15) is 35.7 Å². The Kier molecular flexibility index (Phi) is 5.99. The molecule has 2 aromatic carbocycles. The van der Waals surface area contributed by atoms with Crippen LogP contribution in [0.2, 0.25) is 0 Å². The minimum absolute atomic E-state index is 0.00309. The molecule has 1 heterocycles. The summed E-state index contributed by atoms with van der Waals surface area (Å²) in [5.41, 5.74) is 3.20.